The molecular formula is C20H22N2O. The molecular weight excluding hydrogens is 284 g/mol. The monoisotopic (exact) mass is 306 g/mol. The van der Waals surface area contributed by atoms with Gasteiger partial charge in [0.25, 0.3) is 0 Å². The van der Waals surface area contributed by atoms with Gasteiger partial charge >= 0.3 is 0 Å². The Morgan fingerprint density at radius 3 is 2.48 bits per heavy atom. The van der Waals surface area contributed by atoms with Crippen molar-refractivity contribution in [2.75, 3.05) is 0 Å². The van der Waals surface area contributed by atoms with Crippen LogP contribution in [-0.2, 0) is 6.61 Å². The largest absolute Gasteiger partial charge is 0.489 e. The summed E-state index contributed by atoms with van der Waals surface area (Å²) < 4.78 is 8.03. The average molecular weight is 306 g/mol. The summed E-state index contributed by atoms with van der Waals surface area (Å²) in [5, 5.41) is 0. The van der Waals surface area contributed by atoms with E-state index in [0.29, 0.717) is 12.6 Å². The van der Waals surface area contributed by atoms with E-state index in [1.165, 1.54) is 11.1 Å². The summed E-state index contributed by atoms with van der Waals surface area (Å²) >= 11 is 0. The number of benzene rings is 2. The highest BCUT2D eigenvalue weighted by molar-refractivity contribution is 5.30. The normalized spacial score (nSPS) is 12.0. The van der Waals surface area contributed by atoms with E-state index in [-0.39, 0.29) is 0 Å². The van der Waals surface area contributed by atoms with E-state index in [4.69, 9.17) is 4.74 Å². The van der Waals surface area contributed by atoms with Crippen LogP contribution in [0, 0.1) is 0 Å². The van der Waals surface area contributed by atoms with Crippen LogP contribution in [0.4, 0.5) is 0 Å². The highest BCUT2D eigenvalue weighted by Gasteiger charge is 2.12. The molecule has 0 saturated carbocycles. The maximum Gasteiger partial charge on any atom is 0.119 e. The minimum Gasteiger partial charge on any atom is -0.489 e. The number of imidazole rings is 1. The van der Waals surface area contributed by atoms with Crippen molar-refractivity contribution in [2.45, 2.75) is 32.4 Å². The van der Waals surface area contributed by atoms with Crippen LogP contribution >= 0.6 is 0 Å². The summed E-state index contributed by atoms with van der Waals surface area (Å²) in [6, 6.07) is 19.0. The second-order valence-corrected chi connectivity index (χ2v) is 5.66. The first-order chi connectivity index (χ1) is 11.4. The Hall–Kier alpha value is -2.55. The molecule has 3 nitrogen and oxygen atoms in total. The number of hydrogen-bond donors (Lipinski definition) is 0. The Labute approximate surface area is 137 Å². The third-order valence-electron chi connectivity index (χ3n) is 3.96. The minimum atomic E-state index is 0.339. The molecule has 1 aromatic heterocycles. The zero-order valence-corrected chi connectivity index (χ0v) is 13.4. The van der Waals surface area contributed by atoms with Crippen LogP contribution in [0.2, 0.25) is 0 Å². The second-order valence-electron chi connectivity index (χ2n) is 5.66. The maximum absolute atomic E-state index is 5.86. The van der Waals surface area contributed by atoms with Crippen LogP contribution in [0.5, 0.6) is 5.75 Å². The first-order valence-electron chi connectivity index (χ1n) is 8.11. The molecule has 0 amide bonds. The highest BCUT2D eigenvalue weighted by Crippen LogP contribution is 2.25. The fourth-order valence-corrected chi connectivity index (χ4v) is 2.74. The zero-order chi connectivity index (χ0) is 15.9. The van der Waals surface area contributed by atoms with Gasteiger partial charge in [0.15, 0.2) is 0 Å². The molecule has 23 heavy (non-hydrogen) atoms. The fourth-order valence-electron chi connectivity index (χ4n) is 2.74. The van der Waals surface area contributed by atoms with E-state index >= 15 is 0 Å². The summed E-state index contributed by atoms with van der Waals surface area (Å²) in [6.45, 7) is 2.81. The molecule has 0 radical (unpaired) electrons. The lowest BCUT2D eigenvalue weighted by molar-refractivity contribution is 0.306. The van der Waals surface area contributed by atoms with Gasteiger partial charge in [-0.15, -0.1) is 0 Å². The first kappa shape index (κ1) is 15.3. The molecule has 118 valence electrons. The molecule has 1 heterocycles. The lowest BCUT2D eigenvalue weighted by atomic mass is 10.0. The molecule has 0 bridgehead atoms. The van der Waals surface area contributed by atoms with E-state index in [1.54, 1.807) is 0 Å². The predicted octanol–water partition coefficient (Wildman–Crippen LogP) is 4.85. The Bertz CT molecular complexity index is 690. The molecule has 2 aromatic carbocycles. The van der Waals surface area contributed by atoms with E-state index in [2.05, 4.69) is 52.9 Å². The molecule has 0 spiro atoms. The molecule has 1 unspecified atom stereocenters. The molecule has 0 fully saturated rings. The standard InChI is InChI=1S/C20H22N2O/c1-2-6-20(22-14-13-21-16-22)18-9-11-19(12-10-18)23-15-17-7-4-3-5-8-17/h3-5,7-14,16,20H,2,6,15H2,1H3. The number of nitrogens with zero attached hydrogens (tertiary/aromatic N) is 2. The molecule has 0 aliphatic carbocycles. The SMILES string of the molecule is CCCC(c1ccc(OCc2ccccc2)cc1)n1ccnc1. The molecule has 0 N–H and O–H groups in total. The van der Waals surface area contributed by atoms with E-state index in [9.17, 15) is 0 Å². The van der Waals surface area contributed by atoms with Crippen LogP contribution in [0.3, 0.4) is 0 Å². The molecule has 0 aliphatic heterocycles. The average Bonchev–Trinajstić information content (AvgIpc) is 3.14. The van der Waals surface area contributed by atoms with Gasteiger partial charge in [-0.05, 0) is 29.7 Å². The third-order valence-corrected chi connectivity index (χ3v) is 3.96. The highest BCUT2D eigenvalue weighted by atomic mass is 16.5. The van der Waals surface area contributed by atoms with E-state index < -0.39 is 0 Å². The zero-order valence-electron chi connectivity index (χ0n) is 13.4. The number of rotatable bonds is 7. The van der Waals surface area contributed by atoms with Crippen LogP contribution in [0.25, 0.3) is 0 Å². The Balaban J connectivity index is 1.68. The quantitative estimate of drug-likeness (QED) is 0.624. The van der Waals surface area contributed by atoms with Crippen molar-refractivity contribution in [1.29, 1.82) is 0 Å². The van der Waals surface area contributed by atoms with Crippen molar-refractivity contribution in [1.82, 2.24) is 9.55 Å². The van der Waals surface area contributed by atoms with Crippen LogP contribution in [0.1, 0.15) is 36.9 Å². The van der Waals surface area contributed by atoms with Gasteiger partial charge in [0.1, 0.15) is 12.4 Å². The molecule has 3 aromatic rings. The Morgan fingerprint density at radius 1 is 1.04 bits per heavy atom. The van der Waals surface area contributed by atoms with Crippen molar-refractivity contribution in [3.8, 4) is 5.75 Å². The first-order valence-corrected chi connectivity index (χ1v) is 8.11. The minimum absolute atomic E-state index is 0.339. The number of aromatic nitrogens is 2. The van der Waals surface area contributed by atoms with Gasteiger partial charge < -0.3 is 9.30 Å². The number of hydrogen-bond acceptors (Lipinski definition) is 2. The van der Waals surface area contributed by atoms with Crippen molar-refractivity contribution in [2.24, 2.45) is 0 Å². The number of ether oxygens (including phenoxy) is 1. The summed E-state index contributed by atoms with van der Waals surface area (Å²) in [5.41, 5.74) is 2.47. The molecule has 3 heteroatoms. The lowest BCUT2D eigenvalue weighted by Crippen LogP contribution is -2.08. The van der Waals surface area contributed by atoms with Crippen molar-refractivity contribution >= 4 is 0 Å². The maximum atomic E-state index is 5.86. The second kappa shape index (κ2) is 7.63. The van der Waals surface area contributed by atoms with Gasteiger partial charge in [0.2, 0.25) is 0 Å². The van der Waals surface area contributed by atoms with E-state index in [1.807, 2.05) is 36.9 Å². The van der Waals surface area contributed by atoms with Gasteiger partial charge in [-0.2, -0.15) is 0 Å². The summed E-state index contributed by atoms with van der Waals surface area (Å²) in [7, 11) is 0. The van der Waals surface area contributed by atoms with Gasteiger partial charge in [0.05, 0.1) is 12.4 Å². The van der Waals surface area contributed by atoms with Crippen LogP contribution < -0.4 is 4.74 Å². The van der Waals surface area contributed by atoms with Crippen LogP contribution in [-0.4, -0.2) is 9.55 Å². The third kappa shape index (κ3) is 4.01. The molecule has 1 atom stereocenters. The molecule has 3 rings (SSSR count). The van der Waals surface area contributed by atoms with Gasteiger partial charge in [-0.25, -0.2) is 4.98 Å². The lowest BCUT2D eigenvalue weighted by Gasteiger charge is -2.18. The van der Waals surface area contributed by atoms with Gasteiger partial charge in [0, 0.05) is 12.4 Å². The summed E-state index contributed by atoms with van der Waals surface area (Å²) in [6.07, 6.45) is 7.98. The Morgan fingerprint density at radius 2 is 1.83 bits per heavy atom. The molecule has 0 aliphatic rings. The topological polar surface area (TPSA) is 27.1 Å². The Kier molecular flexibility index (Phi) is 5.09. The van der Waals surface area contributed by atoms with Crippen LogP contribution in [0.15, 0.2) is 73.3 Å². The summed E-state index contributed by atoms with van der Waals surface area (Å²) in [4.78, 5) is 4.17. The predicted molar refractivity (Wildman–Crippen MR) is 92.5 cm³/mol. The fraction of sp³-hybridized carbons (Fsp3) is 0.250. The van der Waals surface area contributed by atoms with E-state index in [0.717, 1.165) is 18.6 Å². The van der Waals surface area contributed by atoms with Gasteiger partial charge in [-0.3, -0.25) is 0 Å². The smallest absolute Gasteiger partial charge is 0.119 e. The van der Waals surface area contributed by atoms with Crippen molar-refractivity contribution < 1.29 is 4.74 Å². The molecule has 0 saturated heterocycles. The van der Waals surface area contributed by atoms with Gasteiger partial charge in [-0.1, -0.05) is 55.8 Å². The van der Waals surface area contributed by atoms with Crippen molar-refractivity contribution in [3.05, 3.63) is 84.4 Å². The van der Waals surface area contributed by atoms with Crippen molar-refractivity contribution in [3.63, 3.8) is 0 Å². The summed E-state index contributed by atoms with van der Waals surface area (Å²) in [5.74, 6) is 0.901.